The summed E-state index contributed by atoms with van der Waals surface area (Å²) in [5, 5.41) is 3.62. The van der Waals surface area contributed by atoms with Crippen LogP contribution in [0.4, 0.5) is 4.39 Å². The minimum atomic E-state index is -0.145. The molecule has 104 valence electrons. The molecule has 0 saturated heterocycles. The lowest BCUT2D eigenvalue weighted by Gasteiger charge is -2.26. The summed E-state index contributed by atoms with van der Waals surface area (Å²) in [7, 11) is 0. The van der Waals surface area contributed by atoms with Gasteiger partial charge in [0, 0.05) is 10.5 Å². The molecule has 3 heteroatoms. The van der Waals surface area contributed by atoms with Crippen LogP contribution in [0.2, 0.25) is 0 Å². The second-order valence-electron chi connectivity index (χ2n) is 6.13. The lowest BCUT2D eigenvalue weighted by molar-refractivity contribution is 0.336. The molecule has 2 aliphatic rings. The number of fused-ring (bicyclic) bond motifs is 1. The van der Waals surface area contributed by atoms with Crippen LogP contribution in [-0.4, -0.2) is 12.6 Å². The Morgan fingerprint density at radius 3 is 2.63 bits per heavy atom. The van der Waals surface area contributed by atoms with Crippen molar-refractivity contribution in [2.75, 3.05) is 6.54 Å². The molecule has 0 heterocycles. The van der Waals surface area contributed by atoms with Crippen LogP contribution in [-0.2, 0) is 6.42 Å². The largest absolute Gasteiger partial charge is 0.314 e. The molecule has 1 N–H and O–H groups in total. The van der Waals surface area contributed by atoms with Gasteiger partial charge >= 0.3 is 0 Å². The van der Waals surface area contributed by atoms with E-state index in [1.54, 1.807) is 6.07 Å². The fraction of sp³-hybridized carbons (Fsp3) is 0.625. The van der Waals surface area contributed by atoms with Crippen LogP contribution < -0.4 is 5.32 Å². The van der Waals surface area contributed by atoms with Crippen molar-refractivity contribution in [2.24, 2.45) is 17.8 Å². The van der Waals surface area contributed by atoms with E-state index in [1.165, 1.54) is 25.3 Å². The summed E-state index contributed by atoms with van der Waals surface area (Å²) in [6, 6.07) is 5.75. The van der Waals surface area contributed by atoms with Gasteiger partial charge < -0.3 is 5.32 Å². The van der Waals surface area contributed by atoms with E-state index >= 15 is 0 Å². The predicted octanol–water partition coefficient (Wildman–Crippen LogP) is 4.15. The van der Waals surface area contributed by atoms with Crippen molar-refractivity contribution < 1.29 is 4.39 Å². The summed E-state index contributed by atoms with van der Waals surface area (Å²) >= 11 is 3.38. The fourth-order valence-electron chi connectivity index (χ4n) is 3.74. The lowest BCUT2D eigenvalue weighted by Crippen LogP contribution is -2.37. The second kappa shape index (κ2) is 5.53. The molecule has 3 atom stereocenters. The van der Waals surface area contributed by atoms with Gasteiger partial charge in [0.2, 0.25) is 0 Å². The van der Waals surface area contributed by atoms with Crippen molar-refractivity contribution >= 4 is 15.9 Å². The molecule has 2 aliphatic carbocycles. The zero-order chi connectivity index (χ0) is 13.4. The highest BCUT2D eigenvalue weighted by atomic mass is 79.9. The molecule has 1 nitrogen and oxygen atoms in total. The summed E-state index contributed by atoms with van der Waals surface area (Å²) in [6.45, 7) is 3.15. The molecule has 0 spiro atoms. The first-order valence-corrected chi connectivity index (χ1v) is 8.13. The van der Waals surface area contributed by atoms with Gasteiger partial charge in [-0.1, -0.05) is 22.9 Å². The molecular formula is C16H21BrFN. The maximum absolute atomic E-state index is 13.5. The molecule has 3 rings (SSSR count). The Balaban J connectivity index is 1.69. The first kappa shape index (κ1) is 13.6. The first-order valence-electron chi connectivity index (χ1n) is 7.34. The van der Waals surface area contributed by atoms with Gasteiger partial charge in [0.1, 0.15) is 5.82 Å². The molecule has 19 heavy (non-hydrogen) atoms. The Labute approximate surface area is 123 Å². The Kier molecular flexibility index (Phi) is 3.95. The zero-order valence-electron chi connectivity index (χ0n) is 11.3. The number of hydrogen-bond donors (Lipinski definition) is 1. The van der Waals surface area contributed by atoms with Gasteiger partial charge in [0.15, 0.2) is 0 Å². The van der Waals surface area contributed by atoms with Crippen molar-refractivity contribution in [3.05, 3.63) is 34.1 Å². The topological polar surface area (TPSA) is 12.0 Å². The van der Waals surface area contributed by atoms with E-state index in [0.29, 0.717) is 6.04 Å². The molecule has 0 aliphatic heterocycles. The summed E-state index contributed by atoms with van der Waals surface area (Å²) in [4.78, 5) is 0. The fourth-order valence-corrected chi connectivity index (χ4v) is 4.25. The summed E-state index contributed by atoms with van der Waals surface area (Å²) in [6.07, 6.45) is 5.15. The van der Waals surface area contributed by atoms with E-state index in [4.69, 9.17) is 0 Å². The molecule has 3 unspecified atom stereocenters. The molecule has 1 aromatic carbocycles. The standard InChI is InChI=1S/C16H21BrFN/c1-2-19-16(13-7-11-6-12(11)8-13)5-10-3-14(17)9-15(18)4-10/h3-4,9,11-13,16,19H,2,5-8H2,1H3. The number of nitrogens with one attached hydrogen (secondary N) is 1. The molecule has 2 fully saturated rings. The van der Waals surface area contributed by atoms with Gasteiger partial charge in [0.05, 0.1) is 0 Å². The molecular weight excluding hydrogens is 305 g/mol. The van der Waals surface area contributed by atoms with Crippen LogP contribution in [0.25, 0.3) is 0 Å². The van der Waals surface area contributed by atoms with Crippen LogP contribution in [0.3, 0.4) is 0 Å². The van der Waals surface area contributed by atoms with Crippen molar-refractivity contribution in [1.29, 1.82) is 0 Å². The maximum Gasteiger partial charge on any atom is 0.124 e. The van der Waals surface area contributed by atoms with Crippen LogP contribution in [0.15, 0.2) is 22.7 Å². The van der Waals surface area contributed by atoms with E-state index in [0.717, 1.165) is 40.8 Å². The van der Waals surface area contributed by atoms with Crippen molar-refractivity contribution in [2.45, 2.75) is 38.6 Å². The first-order chi connectivity index (χ1) is 9.15. The van der Waals surface area contributed by atoms with E-state index in [-0.39, 0.29) is 5.82 Å². The van der Waals surface area contributed by atoms with Gasteiger partial charge in [-0.15, -0.1) is 0 Å². The number of halogens is 2. The quantitative estimate of drug-likeness (QED) is 0.857. The van der Waals surface area contributed by atoms with Crippen molar-refractivity contribution in [1.82, 2.24) is 5.32 Å². The van der Waals surface area contributed by atoms with Crippen LogP contribution in [0, 0.1) is 23.6 Å². The van der Waals surface area contributed by atoms with Gasteiger partial charge in [-0.25, -0.2) is 4.39 Å². The van der Waals surface area contributed by atoms with Crippen LogP contribution in [0.1, 0.15) is 31.7 Å². The smallest absolute Gasteiger partial charge is 0.124 e. The monoisotopic (exact) mass is 325 g/mol. The second-order valence-corrected chi connectivity index (χ2v) is 7.05. The molecule has 0 bridgehead atoms. The summed E-state index contributed by atoms with van der Waals surface area (Å²) < 4.78 is 14.3. The number of likely N-dealkylation sites (N-methyl/N-ethyl adjacent to an activating group) is 1. The molecule has 0 amide bonds. The average molecular weight is 326 g/mol. The number of benzene rings is 1. The predicted molar refractivity (Wildman–Crippen MR) is 79.6 cm³/mol. The lowest BCUT2D eigenvalue weighted by atomic mass is 9.89. The SMILES string of the molecule is CCNC(Cc1cc(F)cc(Br)c1)C1CC2CC2C1. The minimum absolute atomic E-state index is 0.145. The Morgan fingerprint density at radius 1 is 1.26 bits per heavy atom. The molecule has 2 saturated carbocycles. The molecule has 0 aromatic heterocycles. The third-order valence-electron chi connectivity index (χ3n) is 4.69. The Bertz CT molecular complexity index is 432. The highest BCUT2D eigenvalue weighted by molar-refractivity contribution is 9.10. The Morgan fingerprint density at radius 2 is 2.00 bits per heavy atom. The van der Waals surface area contributed by atoms with Crippen molar-refractivity contribution in [3.63, 3.8) is 0 Å². The van der Waals surface area contributed by atoms with Gasteiger partial charge in [-0.05, 0) is 73.7 Å². The molecule has 1 aromatic rings. The molecule has 0 radical (unpaired) electrons. The van der Waals surface area contributed by atoms with E-state index in [9.17, 15) is 4.39 Å². The van der Waals surface area contributed by atoms with Crippen LogP contribution in [0.5, 0.6) is 0 Å². The van der Waals surface area contributed by atoms with E-state index < -0.39 is 0 Å². The van der Waals surface area contributed by atoms with E-state index in [1.807, 2.05) is 6.07 Å². The Hall–Kier alpha value is -0.410. The summed E-state index contributed by atoms with van der Waals surface area (Å²) in [5.41, 5.74) is 1.10. The number of hydrogen-bond acceptors (Lipinski definition) is 1. The third-order valence-corrected chi connectivity index (χ3v) is 5.15. The van der Waals surface area contributed by atoms with Crippen LogP contribution >= 0.6 is 15.9 Å². The average Bonchev–Trinajstić information content (AvgIpc) is 2.94. The van der Waals surface area contributed by atoms with Gasteiger partial charge in [-0.3, -0.25) is 0 Å². The van der Waals surface area contributed by atoms with Crippen molar-refractivity contribution in [3.8, 4) is 0 Å². The maximum atomic E-state index is 13.5. The van der Waals surface area contributed by atoms with Gasteiger partial charge in [-0.2, -0.15) is 0 Å². The minimum Gasteiger partial charge on any atom is -0.314 e. The highest BCUT2D eigenvalue weighted by Gasteiger charge is 2.47. The zero-order valence-corrected chi connectivity index (χ0v) is 12.9. The highest BCUT2D eigenvalue weighted by Crippen LogP contribution is 2.55. The normalized spacial score (nSPS) is 30.2. The number of rotatable bonds is 5. The summed E-state index contributed by atoms with van der Waals surface area (Å²) in [5.74, 6) is 2.65. The van der Waals surface area contributed by atoms with E-state index in [2.05, 4.69) is 28.2 Å². The third kappa shape index (κ3) is 3.19. The van der Waals surface area contributed by atoms with Gasteiger partial charge in [0.25, 0.3) is 0 Å².